The molecule has 6 heteroatoms. The SMILES string of the molecule is C=CC[N]OC(=O)C=Cc1cc(OC)c(OC)c(OC)c1. The van der Waals surface area contributed by atoms with Crippen LogP contribution >= 0.6 is 0 Å². The van der Waals surface area contributed by atoms with E-state index in [1.165, 1.54) is 33.5 Å². The molecule has 21 heavy (non-hydrogen) atoms. The van der Waals surface area contributed by atoms with Gasteiger partial charge in [0.1, 0.15) is 0 Å². The molecule has 1 aromatic rings. The van der Waals surface area contributed by atoms with Crippen molar-refractivity contribution in [2.24, 2.45) is 0 Å². The molecular formula is C15H18NO5. The minimum Gasteiger partial charge on any atom is -0.493 e. The standard InChI is InChI=1S/C15H18NO5/c1-5-8-16-21-14(17)7-6-11-9-12(18-2)15(20-4)13(10-11)19-3/h5-7,9-10H,1,8H2,2-4H3. The van der Waals surface area contributed by atoms with Gasteiger partial charge in [0.2, 0.25) is 5.75 Å². The number of hydrogen-bond donors (Lipinski definition) is 0. The number of ether oxygens (including phenoxy) is 3. The van der Waals surface area contributed by atoms with Gasteiger partial charge in [-0.1, -0.05) is 6.08 Å². The van der Waals surface area contributed by atoms with Gasteiger partial charge in [0, 0.05) is 6.08 Å². The zero-order valence-electron chi connectivity index (χ0n) is 12.3. The Kier molecular flexibility index (Phi) is 6.83. The van der Waals surface area contributed by atoms with Gasteiger partial charge < -0.3 is 19.0 Å². The van der Waals surface area contributed by atoms with Gasteiger partial charge in [-0.2, -0.15) is 0 Å². The lowest BCUT2D eigenvalue weighted by molar-refractivity contribution is -0.145. The van der Waals surface area contributed by atoms with Crippen LogP contribution in [0.2, 0.25) is 0 Å². The van der Waals surface area contributed by atoms with Crippen molar-refractivity contribution in [3.63, 3.8) is 0 Å². The van der Waals surface area contributed by atoms with Crippen LogP contribution in [0.3, 0.4) is 0 Å². The van der Waals surface area contributed by atoms with Crippen LogP contribution in [0, 0.1) is 0 Å². The predicted molar refractivity (Wildman–Crippen MR) is 78.4 cm³/mol. The Bertz CT molecular complexity index is 500. The van der Waals surface area contributed by atoms with Crippen LogP contribution < -0.4 is 19.7 Å². The Morgan fingerprint density at radius 1 is 1.19 bits per heavy atom. The van der Waals surface area contributed by atoms with Gasteiger partial charge in [0.15, 0.2) is 11.5 Å². The first kappa shape index (κ1) is 16.6. The number of methoxy groups -OCH3 is 3. The number of rotatable bonds is 8. The summed E-state index contributed by atoms with van der Waals surface area (Å²) < 4.78 is 15.7. The highest BCUT2D eigenvalue weighted by Crippen LogP contribution is 2.38. The van der Waals surface area contributed by atoms with Gasteiger partial charge in [-0.05, 0) is 29.3 Å². The highest BCUT2D eigenvalue weighted by Gasteiger charge is 2.12. The molecule has 0 aliphatic heterocycles. The molecule has 0 heterocycles. The molecule has 0 aliphatic carbocycles. The minimum absolute atomic E-state index is 0.254. The smallest absolute Gasteiger partial charge is 0.351 e. The van der Waals surface area contributed by atoms with Crippen LogP contribution in [0.15, 0.2) is 30.9 Å². The largest absolute Gasteiger partial charge is 0.493 e. The molecule has 1 rings (SSSR count). The van der Waals surface area contributed by atoms with E-state index in [-0.39, 0.29) is 6.54 Å². The Balaban J connectivity index is 2.88. The van der Waals surface area contributed by atoms with E-state index in [4.69, 9.17) is 14.2 Å². The number of hydroxylamine groups is 1. The van der Waals surface area contributed by atoms with Crippen molar-refractivity contribution in [1.29, 1.82) is 0 Å². The van der Waals surface area contributed by atoms with Crippen LogP contribution in [-0.2, 0) is 9.63 Å². The number of benzene rings is 1. The Morgan fingerprint density at radius 2 is 1.81 bits per heavy atom. The van der Waals surface area contributed by atoms with Crippen LogP contribution in [-0.4, -0.2) is 33.8 Å². The Labute approximate surface area is 123 Å². The summed E-state index contributed by atoms with van der Waals surface area (Å²) in [7, 11) is 4.56. The van der Waals surface area contributed by atoms with Crippen LogP contribution in [0.4, 0.5) is 0 Å². The van der Waals surface area contributed by atoms with Gasteiger partial charge in [0.05, 0.1) is 27.9 Å². The summed E-state index contributed by atoms with van der Waals surface area (Å²) in [6, 6.07) is 3.43. The molecule has 0 aromatic heterocycles. The summed E-state index contributed by atoms with van der Waals surface area (Å²) in [5.74, 6) is 0.911. The average Bonchev–Trinajstić information content (AvgIpc) is 2.51. The van der Waals surface area contributed by atoms with E-state index in [0.29, 0.717) is 22.8 Å². The first-order valence-electron chi connectivity index (χ1n) is 6.13. The molecular weight excluding hydrogens is 274 g/mol. The second kappa shape index (κ2) is 8.65. The van der Waals surface area contributed by atoms with Crippen molar-refractivity contribution >= 4 is 12.0 Å². The van der Waals surface area contributed by atoms with Gasteiger partial charge in [-0.25, -0.2) is 4.79 Å². The monoisotopic (exact) mass is 292 g/mol. The third-order valence-electron chi connectivity index (χ3n) is 2.46. The van der Waals surface area contributed by atoms with Gasteiger partial charge in [0.25, 0.3) is 0 Å². The second-order valence-corrected chi connectivity index (χ2v) is 3.80. The third kappa shape index (κ3) is 4.85. The molecule has 113 valence electrons. The molecule has 0 amide bonds. The highest BCUT2D eigenvalue weighted by molar-refractivity contribution is 5.87. The summed E-state index contributed by atoms with van der Waals surface area (Å²) in [4.78, 5) is 16.0. The molecule has 1 aromatic carbocycles. The van der Waals surface area contributed by atoms with Crippen LogP contribution in [0.5, 0.6) is 17.2 Å². The first-order valence-corrected chi connectivity index (χ1v) is 6.13. The van der Waals surface area contributed by atoms with Crippen molar-refractivity contribution in [1.82, 2.24) is 5.48 Å². The maximum absolute atomic E-state index is 11.4. The Hall–Kier alpha value is -2.47. The fourth-order valence-electron chi connectivity index (χ4n) is 1.55. The summed E-state index contributed by atoms with van der Waals surface area (Å²) in [5.41, 5.74) is 4.21. The van der Waals surface area contributed by atoms with E-state index >= 15 is 0 Å². The molecule has 0 spiro atoms. The van der Waals surface area contributed by atoms with Gasteiger partial charge in [-0.15, -0.1) is 6.58 Å². The van der Waals surface area contributed by atoms with E-state index in [0.717, 1.165) is 0 Å². The number of carbonyl (C=O) groups excluding carboxylic acids is 1. The maximum atomic E-state index is 11.4. The van der Waals surface area contributed by atoms with E-state index in [1.54, 1.807) is 18.2 Å². The van der Waals surface area contributed by atoms with E-state index in [9.17, 15) is 4.79 Å². The fraction of sp³-hybridized carbons (Fsp3) is 0.267. The molecule has 0 saturated heterocycles. The van der Waals surface area contributed by atoms with Crippen LogP contribution in [0.25, 0.3) is 6.08 Å². The van der Waals surface area contributed by atoms with Gasteiger partial charge >= 0.3 is 5.97 Å². The molecule has 0 bridgehead atoms. The van der Waals surface area contributed by atoms with Crippen molar-refractivity contribution < 1.29 is 23.8 Å². The minimum atomic E-state index is -0.578. The van der Waals surface area contributed by atoms with E-state index in [2.05, 4.69) is 16.9 Å². The lowest BCUT2D eigenvalue weighted by atomic mass is 10.1. The van der Waals surface area contributed by atoms with Crippen LogP contribution in [0.1, 0.15) is 5.56 Å². The van der Waals surface area contributed by atoms with Gasteiger partial charge in [-0.3, -0.25) is 0 Å². The quantitative estimate of drug-likeness (QED) is 0.317. The molecule has 0 saturated carbocycles. The molecule has 0 unspecified atom stereocenters. The summed E-state index contributed by atoms with van der Waals surface area (Å²) in [6.07, 6.45) is 4.35. The number of nitrogens with zero attached hydrogens (tertiary/aromatic N) is 1. The molecule has 1 radical (unpaired) electrons. The summed E-state index contributed by atoms with van der Waals surface area (Å²) in [6.45, 7) is 3.72. The molecule has 0 atom stereocenters. The summed E-state index contributed by atoms with van der Waals surface area (Å²) >= 11 is 0. The number of carbonyl (C=O) groups is 1. The third-order valence-corrected chi connectivity index (χ3v) is 2.46. The molecule has 0 fully saturated rings. The van der Waals surface area contributed by atoms with Crippen molar-refractivity contribution in [3.8, 4) is 17.2 Å². The van der Waals surface area contributed by atoms with E-state index < -0.39 is 5.97 Å². The van der Waals surface area contributed by atoms with Crippen molar-refractivity contribution in [2.75, 3.05) is 27.9 Å². The Morgan fingerprint density at radius 3 is 2.29 bits per heavy atom. The topological polar surface area (TPSA) is 68.1 Å². The molecule has 0 aliphatic rings. The normalized spacial score (nSPS) is 10.2. The van der Waals surface area contributed by atoms with Crippen molar-refractivity contribution in [2.45, 2.75) is 0 Å². The predicted octanol–water partition coefficient (Wildman–Crippen LogP) is 1.97. The number of hydrogen-bond acceptors (Lipinski definition) is 5. The fourth-order valence-corrected chi connectivity index (χ4v) is 1.55. The van der Waals surface area contributed by atoms with Crippen molar-refractivity contribution in [3.05, 3.63) is 36.4 Å². The molecule has 0 N–H and O–H groups in total. The second-order valence-electron chi connectivity index (χ2n) is 3.80. The lowest BCUT2D eigenvalue weighted by Gasteiger charge is -2.12. The molecule has 6 nitrogen and oxygen atoms in total. The average molecular weight is 292 g/mol. The summed E-state index contributed by atoms with van der Waals surface area (Å²) in [5, 5.41) is 0. The van der Waals surface area contributed by atoms with E-state index in [1.807, 2.05) is 0 Å². The zero-order valence-corrected chi connectivity index (χ0v) is 12.3. The maximum Gasteiger partial charge on any atom is 0.351 e. The first-order chi connectivity index (χ1) is 10.2. The zero-order chi connectivity index (χ0) is 15.7. The lowest BCUT2D eigenvalue weighted by Crippen LogP contribution is -2.10. The highest BCUT2D eigenvalue weighted by atomic mass is 16.7.